The van der Waals surface area contributed by atoms with Crippen molar-refractivity contribution in [2.24, 2.45) is 0 Å². The van der Waals surface area contributed by atoms with Gasteiger partial charge < -0.3 is 10.3 Å². The maximum atomic E-state index is 6.16. The monoisotopic (exact) mass is 364 g/mol. The molecule has 2 N–H and O–H groups in total. The van der Waals surface area contributed by atoms with Crippen LogP contribution < -0.4 is 5.32 Å². The summed E-state index contributed by atoms with van der Waals surface area (Å²) in [5.41, 5.74) is 4.68. The van der Waals surface area contributed by atoms with E-state index in [1.165, 1.54) is 0 Å². The number of halogens is 1. The summed E-state index contributed by atoms with van der Waals surface area (Å²) in [6.45, 7) is 2.05. The highest BCUT2D eigenvalue weighted by Gasteiger charge is 2.10. The summed E-state index contributed by atoms with van der Waals surface area (Å²) in [5, 5.41) is 3.95. The molecule has 0 aromatic carbocycles. The summed E-state index contributed by atoms with van der Waals surface area (Å²) >= 11 is 6.16. The third-order valence-electron chi connectivity index (χ3n) is 4.09. The van der Waals surface area contributed by atoms with Crippen LogP contribution in [0.1, 0.15) is 12.6 Å². The van der Waals surface area contributed by atoms with E-state index in [1.807, 2.05) is 43.6 Å². The molecule has 0 saturated carbocycles. The Balaban J connectivity index is 1.46. The predicted molar refractivity (Wildman–Crippen MR) is 103 cm³/mol. The highest BCUT2D eigenvalue weighted by Crippen LogP contribution is 2.21. The number of nitrogens with one attached hydrogen (secondary N) is 2. The predicted octanol–water partition coefficient (Wildman–Crippen LogP) is 4.11. The van der Waals surface area contributed by atoms with Crippen molar-refractivity contribution in [2.75, 3.05) is 5.32 Å². The molecular formula is C19H17ClN6. The van der Waals surface area contributed by atoms with Crippen LogP contribution in [0.5, 0.6) is 0 Å². The number of aromatic amines is 1. The zero-order valence-electron chi connectivity index (χ0n) is 14.1. The third kappa shape index (κ3) is 3.50. The maximum Gasteiger partial charge on any atom is 0.222 e. The zero-order valence-corrected chi connectivity index (χ0v) is 14.9. The molecule has 0 aliphatic heterocycles. The fraction of sp³-hybridized carbons (Fsp3) is 0.158. The Bertz CT molecular complexity index is 1030. The van der Waals surface area contributed by atoms with Crippen molar-refractivity contribution < 1.29 is 0 Å². The standard InChI is InChI=1S/C19H17ClN6/c1-12(7-17-15(20)3-2-5-21-17)26-19-24-10-14(11-25-19)13-8-18-16(23-9-13)4-6-22-18/h2-6,8-12,22H,7H2,1H3,(H,24,25,26). The van der Waals surface area contributed by atoms with E-state index in [2.05, 4.69) is 30.2 Å². The molecule has 0 amide bonds. The number of fused-ring (bicyclic) bond motifs is 1. The topological polar surface area (TPSA) is 79.4 Å². The van der Waals surface area contributed by atoms with E-state index in [-0.39, 0.29) is 6.04 Å². The van der Waals surface area contributed by atoms with Gasteiger partial charge in [0.05, 0.1) is 21.7 Å². The Kier molecular flexibility index (Phi) is 4.50. The first-order chi connectivity index (χ1) is 12.7. The van der Waals surface area contributed by atoms with Crippen LogP contribution in [0.15, 0.2) is 55.2 Å². The molecule has 0 saturated heterocycles. The van der Waals surface area contributed by atoms with E-state index >= 15 is 0 Å². The van der Waals surface area contributed by atoms with Crippen LogP contribution >= 0.6 is 11.6 Å². The van der Waals surface area contributed by atoms with Gasteiger partial charge >= 0.3 is 0 Å². The summed E-state index contributed by atoms with van der Waals surface area (Å²) in [7, 11) is 0. The molecule has 26 heavy (non-hydrogen) atoms. The molecule has 0 radical (unpaired) electrons. The second kappa shape index (κ2) is 7.09. The molecule has 0 fully saturated rings. The molecular weight excluding hydrogens is 348 g/mol. The Morgan fingerprint density at radius 2 is 1.88 bits per heavy atom. The van der Waals surface area contributed by atoms with Crippen molar-refractivity contribution in [3.63, 3.8) is 0 Å². The fourth-order valence-corrected chi connectivity index (χ4v) is 2.97. The lowest BCUT2D eigenvalue weighted by Crippen LogP contribution is -2.20. The summed E-state index contributed by atoms with van der Waals surface area (Å²) in [5.74, 6) is 0.571. The second-order valence-electron chi connectivity index (χ2n) is 6.11. The Hall–Kier alpha value is -2.99. The molecule has 4 aromatic heterocycles. The number of pyridine rings is 2. The summed E-state index contributed by atoms with van der Waals surface area (Å²) in [4.78, 5) is 20.7. The smallest absolute Gasteiger partial charge is 0.222 e. The van der Waals surface area contributed by atoms with E-state index < -0.39 is 0 Å². The van der Waals surface area contributed by atoms with Crippen molar-refractivity contribution in [3.05, 3.63) is 66.0 Å². The highest BCUT2D eigenvalue weighted by molar-refractivity contribution is 6.31. The summed E-state index contributed by atoms with van der Waals surface area (Å²) in [6.07, 6.45) is 9.73. The van der Waals surface area contributed by atoms with Gasteiger partial charge in [-0.15, -0.1) is 0 Å². The molecule has 4 rings (SSSR count). The third-order valence-corrected chi connectivity index (χ3v) is 4.44. The number of nitrogens with zero attached hydrogens (tertiary/aromatic N) is 4. The normalized spacial score (nSPS) is 12.2. The van der Waals surface area contributed by atoms with Gasteiger partial charge in [0, 0.05) is 54.6 Å². The molecule has 0 spiro atoms. The van der Waals surface area contributed by atoms with E-state index in [1.54, 1.807) is 18.6 Å². The number of hydrogen-bond donors (Lipinski definition) is 2. The Morgan fingerprint density at radius 1 is 1.08 bits per heavy atom. The molecule has 7 heteroatoms. The SMILES string of the molecule is CC(Cc1ncccc1Cl)Nc1ncc(-c2cnc3cc[nH]c3c2)cn1. The minimum atomic E-state index is 0.102. The molecule has 4 aromatic rings. The van der Waals surface area contributed by atoms with Crippen LogP contribution in [-0.4, -0.2) is 31.0 Å². The lowest BCUT2D eigenvalue weighted by molar-refractivity contribution is 0.759. The van der Waals surface area contributed by atoms with Crippen molar-refractivity contribution in [1.82, 2.24) is 24.9 Å². The molecule has 1 atom stereocenters. The highest BCUT2D eigenvalue weighted by atomic mass is 35.5. The van der Waals surface area contributed by atoms with Crippen LogP contribution in [0.3, 0.4) is 0 Å². The minimum absolute atomic E-state index is 0.102. The summed E-state index contributed by atoms with van der Waals surface area (Å²) in [6, 6.07) is 7.75. The van der Waals surface area contributed by atoms with Crippen molar-refractivity contribution in [3.8, 4) is 11.1 Å². The van der Waals surface area contributed by atoms with E-state index in [0.29, 0.717) is 17.4 Å². The second-order valence-corrected chi connectivity index (χ2v) is 6.52. The van der Waals surface area contributed by atoms with Gasteiger partial charge in [-0.3, -0.25) is 9.97 Å². The van der Waals surface area contributed by atoms with Crippen LogP contribution in [0, 0.1) is 0 Å². The van der Waals surface area contributed by atoms with Gasteiger partial charge in [-0.25, -0.2) is 9.97 Å². The number of hydrogen-bond acceptors (Lipinski definition) is 5. The van der Waals surface area contributed by atoms with E-state index in [4.69, 9.17) is 11.6 Å². The van der Waals surface area contributed by atoms with Gasteiger partial charge in [0.2, 0.25) is 5.95 Å². The minimum Gasteiger partial charge on any atom is -0.360 e. The molecule has 6 nitrogen and oxygen atoms in total. The average molecular weight is 365 g/mol. The molecule has 0 bridgehead atoms. The lowest BCUT2D eigenvalue weighted by atomic mass is 10.1. The van der Waals surface area contributed by atoms with Gasteiger partial charge in [0.25, 0.3) is 0 Å². The first-order valence-electron chi connectivity index (χ1n) is 8.30. The largest absolute Gasteiger partial charge is 0.360 e. The molecule has 1 unspecified atom stereocenters. The van der Waals surface area contributed by atoms with Crippen LogP contribution in [-0.2, 0) is 6.42 Å². The average Bonchev–Trinajstić information content (AvgIpc) is 3.12. The van der Waals surface area contributed by atoms with Crippen LogP contribution in [0.4, 0.5) is 5.95 Å². The van der Waals surface area contributed by atoms with Crippen LogP contribution in [0.2, 0.25) is 5.02 Å². The molecule has 130 valence electrons. The van der Waals surface area contributed by atoms with Crippen LogP contribution in [0.25, 0.3) is 22.2 Å². The van der Waals surface area contributed by atoms with Crippen molar-refractivity contribution in [1.29, 1.82) is 0 Å². The Morgan fingerprint density at radius 3 is 2.69 bits per heavy atom. The lowest BCUT2D eigenvalue weighted by Gasteiger charge is -2.14. The van der Waals surface area contributed by atoms with Gasteiger partial charge in [-0.2, -0.15) is 0 Å². The fourth-order valence-electron chi connectivity index (χ4n) is 2.77. The van der Waals surface area contributed by atoms with Gasteiger partial charge in [0.15, 0.2) is 0 Å². The number of H-pyrrole nitrogens is 1. The van der Waals surface area contributed by atoms with E-state index in [0.717, 1.165) is 27.9 Å². The maximum absolute atomic E-state index is 6.16. The number of rotatable bonds is 5. The van der Waals surface area contributed by atoms with Crippen molar-refractivity contribution in [2.45, 2.75) is 19.4 Å². The Labute approximate surface area is 155 Å². The summed E-state index contributed by atoms with van der Waals surface area (Å²) < 4.78 is 0. The van der Waals surface area contributed by atoms with Gasteiger partial charge in [0.1, 0.15) is 0 Å². The quantitative estimate of drug-likeness (QED) is 0.557. The molecule has 4 heterocycles. The first kappa shape index (κ1) is 16.5. The number of aromatic nitrogens is 5. The first-order valence-corrected chi connectivity index (χ1v) is 8.68. The number of anilines is 1. The van der Waals surface area contributed by atoms with Gasteiger partial charge in [-0.1, -0.05) is 11.6 Å². The van der Waals surface area contributed by atoms with E-state index in [9.17, 15) is 0 Å². The molecule has 0 aliphatic carbocycles. The van der Waals surface area contributed by atoms with Gasteiger partial charge in [-0.05, 0) is 31.2 Å². The molecule has 0 aliphatic rings. The zero-order chi connectivity index (χ0) is 17.9. The van der Waals surface area contributed by atoms with Crippen molar-refractivity contribution >= 4 is 28.6 Å².